The van der Waals surface area contributed by atoms with Gasteiger partial charge < -0.3 is 5.32 Å². The Morgan fingerprint density at radius 1 is 0.903 bits per heavy atom. The molecule has 4 rings (SSSR count). The number of carbonyl (C=O) groups is 2. The van der Waals surface area contributed by atoms with E-state index in [1.807, 2.05) is 61.7 Å². The molecule has 0 saturated carbocycles. The minimum Gasteiger partial charge on any atom is -0.350 e. The van der Waals surface area contributed by atoms with Crippen molar-refractivity contribution in [3.63, 3.8) is 0 Å². The fourth-order valence-corrected chi connectivity index (χ4v) is 4.44. The standard InChI is InChI=1S/C26H26N2O2S/c1-16-8-9-17(2)20(15-16)28-24(29)22(21-7-6-14-31-21)23(25(28)30)27-19-12-10-18(11-13-19)26(3,4)5/h6-15,27H,1-5H3. The zero-order valence-corrected chi connectivity index (χ0v) is 19.3. The first kappa shape index (κ1) is 21.1. The third-order valence-electron chi connectivity index (χ3n) is 5.48. The van der Waals surface area contributed by atoms with Gasteiger partial charge in [-0.05, 0) is 65.6 Å². The van der Waals surface area contributed by atoms with Gasteiger partial charge in [-0.2, -0.15) is 0 Å². The molecule has 2 aromatic carbocycles. The Morgan fingerprint density at radius 2 is 1.61 bits per heavy atom. The molecule has 0 saturated heterocycles. The van der Waals surface area contributed by atoms with E-state index in [0.29, 0.717) is 17.0 Å². The molecule has 0 fully saturated rings. The van der Waals surface area contributed by atoms with E-state index >= 15 is 0 Å². The number of imide groups is 1. The lowest BCUT2D eigenvalue weighted by Crippen LogP contribution is -2.33. The molecule has 0 unspecified atom stereocenters. The molecule has 4 nitrogen and oxygen atoms in total. The number of aryl methyl sites for hydroxylation is 2. The van der Waals surface area contributed by atoms with Gasteiger partial charge in [0, 0.05) is 10.6 Å². The van der Waals surface area contributed by atoms with Crippen LogP contribution in [-0.4, -0.2) is 11.8 Å². The number of nitrogens with one attached hydrogen (secondary N) is 1. The van der Waals surface area contributed by atoms with E-state index in [2.05, 4.69) is 38.2 Å². The summed E-state index contributed by atoms with van der Waals surface area (Å²) in [6.07, 6.45) is 0. The van der Waals surface area contributed by atoms with Gasteiger partial charge in [0.25, 0.3) is 11.8 Å². The number of rotatable bonds is 4. The van der Waals surface area contributed by atoms with Crippen molar-refractivity contribution in [3.8, 4) is 0 Å². The van der Waals surface area contributed by atoms with Crippen LogP contribution in [-0.2, 0) is 15.0 Å². The van der Waals surface area contributed by atoms with E-state index in [1.54, 1.807) is 0 Å². The quantitative estimate of drug-likeness (QED) is 0.512. The normalized spacial score (nSPS) is 14.5. The van der Waals surface area contributed by atoms with Crippen molar-refractivity contribution in [1.82, 2.24) is 0 Å². The summed E-state index contributed by atoms with van der Waals surface area (Å²) in [7, 11) is 0. The third-order valence-corrected chi connectivity index (χ3v) is 6.36. The molecular weight excluding hydrogens is 404 g/mol. The van der Waals surface area contributed by atoms with E-state index in [9.17, 15) is 9.59 Å². The second kappa shape index (κ2) is 7.82. The third kappa shape index (κ3) is 3.93. The van der Waals surface area contributed by atoms with E-state index in [0.717, 1.165) is 21.7 Å². The summed E-state index contributed by atoms with van der Waals surface area (Å²) in [5, 5.41) is 5.16. The smallest absolute Gasteiger partial charge is 0.282 e. The van der Waals surface area contributed by atoms with Gasteiger partial charge in [-0.15, -0.1) is 11.3 Å². The molecule has 0 spiro atoms. The number of carbonyl (C=O) groups excluding carboxylic acids is 2. The highest BCUT2D eigenvalue weighted by atomic mass is 32.1. The minimum atomic E-state index is -0.331. The fraction of sp³-hybridized carbons (Fsp3) is 0.231. The van der Waals surface area contributed by atoms with Crippen LogP contribution in [0, 0.1) is 13.8 Å². The molecule has 3 aromatic rings. The van der Waals surface area contributed by atoms with Crippen molar-refractivity contribution in [2.45, 2.75) is 40.0 Å². The van der Waals surface area contributed by atoms with Gasteiger partial charge in [-0.1, -0.05) is 51.1 Å². The van der Waals surface area contributed by atoms with Crippen LogP contribution in [0.5, 0.6) is 0 Å². The van der Waals surface area contributed by atoms with Crippen LogP contribution in [0.2, 0.25) is 0 Å². The highest BCUT2D eigenvalue weighted by molar-refractivity contribution is 7.11. The number of nitrogens with zero attached hydrogens (tertiary/aromatic N) is 1. The highest BCUT2D eigenvalue weighted by Crippen LogP contribution is 2.37. The Labute approximate surface area is 187 Å². The number of thiophene rings is 1. The van der Waals surface area contributed by atoms with Crippen LogP contribution in [0.3, 0.4) is 0 Å². The Balaban J connectivity index is 1.77. The molecule has 2 heterocycles. The topological polar surface area (TPSA) is 49.4 Å². The highest BCUT2D eigenvalue weighted by Gasteiger charge is 2.41. The summed E-state index contributed by atoms with van der Waals surface area (Å²) in [5.41, 5.74) is 5.27. The van der Waals surface area contributed by atoms with Crippen molar-refractivity contribution in [1.29, 1.82) is 0 Å². The first-order valence-electron chi connectivity index (χ1n) is 10.3. The van der Waals surface area contributed by atoms with Crippen molar-refractivity contribution in [3.05, 3.63) is 87.2 Å². The summed E-state index contributed by atoms with van der Waals surface area (Å²) < 4.78 is 0. The predicted molar refractivity (Wildman–Crippen MR) is 128 cm³/mol. The maximum atomic E-state index is 13.5. The Morgan fingerprint density at radius 3 is 2.23 bits per heavy atom. The van der Waals surface area contributed by atoms with Gasteiger partial charge in [0.15, 0.2) is 0 Å². The predicted octanol–water partition coefficient (Wildman–Crippen LogP) is 6.06. The lowest BCUT2D eigenvalue weighted by atomic mass is 9.87. The molecule has 158 valence electrons. The molecule has 1 aromatic heterocycles. The fourth-order valence-electron chi connectivity index (χ4n) is 3.67. The summed E-state index contributed by atoms with van der Waals surface area (Å²) >= 11 is 1.45. The Bertz CT molecular complexity index is 1180. The van der Waals surface area contributed by atoms with Gasteiger partial charge in [-0.25, -0.2) is 4.90 Å². The molecule has 2 amide bonds. The van der Waals surface area contributed by atoms with Crippen molar-refractivity contribution in [2.24, 2.45) is 0 Å². The summed E-state index contributed by atoms with van der Waals surface area (Å²) in [6.45, 7) is 10.4. The molecule has 0 bridgehead atoms. The maximum Gasteiger partial charge on any atom is 0.282 e. The molecule has 1 N–H and O–H groups in total. The molecule has 0 radical (unpaired) electrons. The van der Waals surface area contributed by atoms with Crippen molar-refractivity contribution < 1.29 is 9.59 Å². The second-order valence-corrected chi connectivity index (χ2v) is 9.86. The van der Waals surface area contributed by atoms with Crippen LogP contribution in [0.25, 0.3) is 5.57 Å². The number of amides is 2. The second-order valence-electron chi connectivity index (χ2n) is 8.92. The lowest BCUT2D eigenvalue weighted by molar-refractivity contribution is -0.120. The van der Waals surface area contributed by atoms with Crippen molar-refractivity contribution in [2.75, 3.05) is 10.2 Å². The zero-order chi connectivity index (χ0) is 22.3. The zero-order valence-electron chi connectivity index (χ0n) is 18.4. The van der Waals surface area contributed by atoms with Gasteiger partial charge >= 0.3 is 0 Å². The lowest BCUT2D eigenvalue weighted by Gasteiger charge is -2.20. The maximum absolute atomic E-state index is 13.5. The van der Waals surface area contributed by atoms with Crippen LogP contribution >= 0.6 is 11.3 Å². The first-order chi connectivity index (χ1) is 14.7. The average Bonchev–Trinajstić information content (AvgIpc) is 3.31. The van der Waals surface area contributed by atoms with Gasteiger partial charge in [-0.3, -0.25) is 9.59 Å². The monoisotopic (exact) mass is 430 g/mol. The number of benzene rings is 2. The summed E-state index contributed by atoms with van der Waals surface area (Å²) in [4.78, 5) is 29.1. The van der Waals surface area contributed by atoms with E-state index in [4.69, 9.17) is 0 Å². The molecule has 31 heavy (non-hydrogen) atoms. The number of hydrogen-bond donors (Lipinski definition) is 1. The van der Waals surface area contributed by atoms with E-state index in [-0.39, 0.29) is 17.2 Å². The van der Waals surface area contributed by atoms with Gasteiger partial charge in [0.05, 0.1) is 11.3 Å². The molecule has 5 heteroatoms. The molecule has 0 atom stereocenters. The average molecular weight is 431 g/mol. The van der Waals surface area contributed by atoms with Gasteiger partial charge in [0.2, 0.25) is 0 Å². The number of hydrogen-bond acceptors (Lipinski definition) is 4. The van der Waals surface area contributed by atoms with Crippen LogP contribution in [0.4, 0.5) is 11.4 Å². The van der Waals surface area contributed by atoms with Crippen LogP contribution in [0.1, 0.15) is 42.3 Å². The molecule has 1 aliphatic heterocycles. The summed E-state index contributed by atoms with van der Waals surface area (Å²) in [5.74, 6) is -0.628. The molecule has 1 aliphatic rings. The Hall–Kier alpha value is -3.18. The first-order valence-corrected chi connectivity index (χ1v) is 11.2. The van der Waals surface area contributed by atoms with Crippen LogP contribution in [0.15, 0.2) is 65.7 Å². The van der Waals surface area contributed by atoms with Crippen LogP contribution < -0.4 is 10.2 Å². The molecule has 0 aliphatic carbocycles. The number of anilines is 2. The van der Waals surface area contributed by atoms with Crippen molar-refractivity contribution >= 4 is 40.1 Å². The largest absolute Gasteiger partial charge is 0.350 e. The van der Waals surface area contributed by atoms with E-state index in [1.165, 1.54) is 21.8 Å². The molecular formula is C26H26N2O2S. The minimum absolute atomic E-state index is 0.0402. The van der Waals surface area contributed by atoms with Gasteiger partial charge in [0.1, 0.15) is 5.70 Å². The SMILES string of the molecule is Cc1ccc(C)c(N2C(=O)C(Nc3ccc(C(C)(C)C)cc3)=C(c3cccs3)C2=O)c1. The Kier molecular flexibility index (Phi) is 5.31. The summed E-state index contributed by atoms with van der Waals surface area (Å²) in [6, 6.07) is 17.6. The van der Waals surface area contributed by atoms with E-state index < -0.39 is 0 Å².